The van der Waals surface area contributed by atoms with Crippen molar-refractivity contribution in [3.8, 4) is 0 Å². The molecule has 102 valence electrons. The van der Waals surface area contributed by atoms with Gasteiger partial charge in [0.1, 0.15) is 0 Å². The summed E-state index contributed by atoms with van der Waals surface area (Å²) in [6, 6.07) is 17.7. The van der Waals surface area contributed by atoms with Crippen molar-refractivity contribution in [3.63, 3.8) is 0 Å². The molecule has 3 aromatic rings. The monoisotopic (exact) mass is 279 g/mol. The van der Waals surface area contributed by atoms with Gasteiger partial charge in [-0.05, 0) is 62.6 Å². The molecule has 3 aromatic carbocycles. The Kier molecular flexibility index (Phi) is 2.36. The van der Waals surface area contributed by atoms with Crippen LogP contribution in [-0.2, 0) is 0 Å². The standard InChI is InChI=1S/C20H14BN/c1-2-6-16-12-19-17(11-15(16)5-1)7-8-18-14-22-10-4-3-9-21(22)13-20(18)19/h1-14H. The summed E-state index contributed by atoms with van der Waals surface area (Å²) in [6.07, 6.45) is 8.58. The zero-order valence-corrected chi connectivity index (χ0v) is 12.1. The fourth-order valence-corrected chi connectivity index (χ4v) is 3.48. The van der Waals surface area contributed by atoms with Crippen LogP contribution in [0.1, 0.15) is 0 Å². The lowest BCUT2D eigenvalue weighted by Crippen LogP contribution is -2.42. The van der Waals surface area contributed by atoms with Gasteiger partial charge in [-0.25, -0.2) is 0 Å². The van der Waals surface area contributed by atoms with Crippen LogP contribution in [0.3, 0.4) is 0 Å². The molecule has 0 saturated heterocycles. The average Bonchev–Trinajstić information content (AvgIpc) is 2.58. The zero-order chi connectivity index (χ0) is 14.5. The van der Waals surface area contributed by atoms with E-state index in [9.17, 15) is 0 Å². The predicted octanol–water partition coefficient (Wildman–Crippen LogP) is 2.98. The Morgan fingerprint density at radius 3 is 2.59 bits per heavy atom. The van der Waals surface area contributed by atoms with Crippen LogP contribution in [0.4, 0.5) is 0 Å². The first kappa shape index (κ1) is 11.9. The van der Waals surface area contributed by atoms with Gasteiger partial charge >= 0.3 is 6.85 Å². The summed E-state index contributed by atoms with van der Waals surface area (Å²) in [4.78, 5) is 2.26. The molecule has 0 N–H and O–H groups in total. The van der Waals surface area contributed by atoms with E-state index in [2.05, 4.69) is 89.8 Å². The van der Waals surface area contributed by atoms with Gasteiger partial charge in [0.05, 0.1) is 0 Å². The van der Waals surface area contributed by atoms with E-state index >= 15 is 0 Å². The molecule has 1 nitrogen and oxygen atoms in total. The third-order valence-electron chi connectivity index (χ3n) is 4.61. The molecule has 0 spiro atoms. The Hall–Kier alpha value is -2.74. The number of nitrogens with zero attached hydrogens (tertiary/aromatic N) is 1. The summed E-state index contributed by atoms with van der Waals surface area (Å²) in [5.74, 6) is 4.60. The van der Waals surface area contributed by atoms with Crippen LogP contribution in [0, 0.1) is 0 Å². The molecular formula is C20H14BN. The van der Waals surface area contributed by atoms with E-state index < -0.39 is 0 Å². The highest BCUT2D eigenvalue weighted by atomic mass is 15.0. The highest BCUT2D eigenvalue weighted by Crippen LogP contribution is 2.20. The second kappa shape index (κ2) is 4.38. The van der Waals surface area contributed by atoms with Crippen LogP contribution in [0.15, 0.2) is 72.9 Å². The molecule has 2 aliphatic rings. The maximum atomic E-state index is 2.37. The Morgan fingerprint density at radius 2 is 1.68 bits per heavy atom. The number of benzene rings is 3. The van der Waals surface area contributed by atoms with Crippen LogP contribution in [-0.4, -0.2) is 11.7 Å². The van der Waals surface area contributed by atoms with Crippen molar-refractivity contribution in [1.29, 1.82) is 0 Å². The van der Waals surface area contributed by atoms with E-state index in [1.54, 1.807) is 0 Å². The Balaban J connectivity index is 1.91. The fraction of sp³-hybridized carbons (Fsp3) is 0. The van der Waals surface area contributed by atoms with Gasteiger partial charge in [0.2, 0.25) is 0 Å². The van der Waals surface area contributed by atoms with Gasteiger partial charge in [-0.2, -0.15) is 0 Å². The number of allylic oxidation sites excluding steroid dienone is 2. The van der Waals surface area contributed by atoms with Crippen LogP contribution in [0.25, 0.3) is 33.7 Å². The van der Waals surface area contributed by atoms with Gasteiger partial charge < -0.3 is 4.81 Å². The van der Waals surface area contributed by atoms with E-state index in [1.165, 1.54) is 32.0 Å². The number of hydrogen-bond donors (Lipinski definition) is 0. The third-order valence-corrected chi connectivity index (χ3v) is 4.61. The van der Waals surface area contributed by atoms with E-state index in [0.717, 1.165) is 0 Å². The molecule has 0 radical (unpaired) electrons. The first-order valence-electron chi connectivity index (χ1n) is 7.66. The SMILES string of the molecule is C1=CB2C=c3c(ccc4cc5ccccc5cc34)=CN2C=C1. The highest BCUT2D eigenvalue weighted by Gasteiger charge is 2.18. The molecule has 0 atom stereocenters. The van der Waals surface area contributed by atoms with Crippen molar-refractivity contribution in [1.82, 2.24) is 4.81 Å². The second-order valence-electron chi connectivity index (χ2n) is 5.95. The lowest BCUT2D eigenvalue weighted by Gasteiger charge is -2.25. The summed E-state index contributed by atoms with van der Waals surface area (Å²) in [6.45, 7) is 0.328. The molecule has 2 aliphatic heterocycles. The molecule has 0 fully saturated rings. The van der Waals surface area contributed by atoms with Gasteiger partial charge in [0.25, 0.3) is 0 Å². The van der Waals surface area contributed by atoms with Gasteiger partial charge in [-0.1, -0.05) is 54.4 Å². The van der Waals surface area contributed by atoms with Crippen LogP contribution >= 0.6 is 0 Å². The van der Waals surface area contributed by atoms with Crippen molar-refractivity contribution >= 4 is 40.6 Å². The minimum absolute atomic E-state index is 0.328. The lowest BCUT2D eigenvalue weighted by molar-refractivity contribution is 0.858. The first-order valence-corrected chi connectivity index (χ1v) is 7.66. The molecule has 0 amide bonds. The molecule has 2 heteroatoms. The van der Waals surface area contributed by atoms with Crippen molar-refractivity contribution in [2.45, 2.75) is 0 Å². The van der Waals surface area contributed by atoms with Crippen molar-refractivity contribution < 1.29 is 0 Å². The molecule has 5 rings (SSSR count). The average molecular weight is 279 g/mol. The Labute approximate surface area is 129 Å². The minimum Gasteiger partial charge on any atom is -0.389 e. The lowest BCUT2D eigenvalue weighted by atomic mass is 9.58. The molecule has 22 heavy (non-hydrogen) atoms. The van der Waals surface area contributed by atoms with E-state index in [1.807, 2.05) is 0 Å². The summed E-state index contributed by atoms with van der Waals surface area (Å²) in [5.41, 5.74) is 0. The summed E-state index contributed by atoms with van der Waals surface area (Å²) < 4.78 is 0. The molecular weight excluding hydrogens is 265 g/mol. The van der Waals surface area contributed by atoms with Crippen LogP contribution in [0.5, 0.6) is 0 Å². The van der Waals surface area contributed by atoms with Gasteiger partial charge in [-0.3, -0.25) is 0 Å². The van der Waals surface area contributed by atoms with Crippen molar-refractivity contribution in [3.05, 3.63) is 83.3 Å². The number of hydrogen-bond acceptors (Lipinski definition) is 1. The van der Waals surface area contributed by atoms with Crippen molar-refractivity contribution in [2.75, 3.05) is 0 Å². The largest absolute Gasteiger partial charge is 0.389 e. The molecule has 0 aliphatic carbocycles. The number of fused-ring (bicyclic) bond motifs is 5. The van der Waals surface area contributed by atoms with Crippen molar-refractivity contribution in [2.24, 2.45) is 0 Å². The second-order valence-corrected chi connectivity index (χ2v) is 5.95. The molecule has 2 heterocycles. The summed E-state index contributed by atoms with van der Waals surface area (Å²) in [5, 5.41) is 7.90. The summed E-state index contributed by atoms with van der Waals surface area (Å²) in [7, 11) is 0. The molecule has 0 saturated carbocycles. The first-order chi connectivity index (χ1) is 10.9. The maximum absolute atomic E-state index is 2.37. The van der Waals surface area contributed by atoms with E-state index in [0.29, 0.717) is 6.85 Å². The third kappa shape index (κ3) is 1.67. The van der Waals surface area contributed by atoms with E-state index in [-0.39, 0.29) is 0 Å². The number of rotatable bonds is 0. The quantitative estimate of drug-likeness (QED) is 0.451. The molecule has 0 bridgehead atoms. The molecule has 0 aromatic heterocycles. The summed E-state index contributed by atoms with van der Waals surface area (Å²) >= 11 is 0. The van der Waals surface area contributed by atoms with Crippen LogP contribution < -0.4 is 10.4 Å². The van der Waals surface area contributed by atoms with Crippen LogP contribution in [0.2, 0.25) is 0 Å². The minimum atomic E-state index is 0.328. The van der Waals surface area contributed by atoms with Gasteiger partial charge in [0, 0.05) is 0 Å². The normalized spacial score (nSPS) is 15.5. The zero-order valence-electron chi connectivity index (χ0n) is 12.1. The maximum Gasteiger partial charge on any atom is 0.312 e. The highest BCUT2D eigenvalue weighted by molar-refractivity contribution is 6.76. The van der Waals surface area contributed by atoms with Gasteiger partial charge in [-0.15, -0.1) is 0 Å². The topological polar surface area (TPSA) is 3.24 Å². The van der Waals surface area contributed by atoms with Gasteiger partial charge in [0.15, 0.2) is 0 Å². The fourth-order valence-electron chi connectivity index (χ4n) is 3.48. The van der Waals surface area contributed by atoms with E-state index in [4.69, 9.17) is 0 Å². The Morgan fingerprint density at radius 1 is 0.818 bits per heavy atom. The predicted molar refractivity (Wildman–Crippen MR) is 95.5 cm³/mol. The Bertz CT molecular complexity index is 1090. The smallest absolute Gasteiger partial charge is 0.312 e. The molecule has 0 unspecified atom stereocenters.